The van der Waals surface area contributed by atoms with Crippen molar-refractivity contribution in [3.8, 4) is 0 Å². The van der Waals surface area contributed by atoms with Gasteiger partial charge in [-0.2, -0.15) is 0 Å². The van der Waals surface area contributed by atoms with Crippen LogP contribution in [0, 0.1) is 20.8 Å². The summed E-state index contributed by atoms with van der Waals surface area (Å²) in [5, 5.41) is 9.57. The summed E-state index contributed by atoms with van der Waals surface area (Å²) in [6.45, 7) is 7.76. The Hall–Kier alpha value is -1.44. The van der Waals surface area contributed by atoms with E-state index in [0.717, 1.165) is 21.3 Å². The van der Waals surface area contributed by atoms with Crippen molar-refractivity contribution >= 4 is 27.0 Å². The van der Waals surface area contributed by atoms with Crippen LogP contribution in [0.1, 0.15) is 34.1 Å². The maximum absolute atomic E-state index is 11.6. The molecule has 0 fully saturated rings. The van der Waals surface area contributed by atoms with Crippen molar-refractivity contribution in [2.75, 3.05) is 5.32 Å². The first-order valence-electron chi connectivity index (χ1n) is 6.53. The smallest absolute Gasteiger partial charge is 0.238 e. The van der Waals surface area contributed by atoms with E-state index in [1.807, 2.05) is 26.8 Å². The Labute approximate surface area is 129 Å². The number of sulfonamides is 1. The van der Waals surface area contributed by atoms with Crippen molar-refractivity contribution in [2.24, 2.45) is 5.14 Å². The maximum atomic E-state index is 11.6. The minimum atomic E-state index is -3.71. The molecule has 2 aromatic rings. The minimum absolute atomic E-state index is 0.00983. The SMILES string of the molecule is Cc1nc(C(C)Nc2cccc(S(N)(=O)=O)c2C)c(C)s1. The number of nitrogens with two attached hydrogens (primary N) is 1. The molecule has 0 saturated carbocycles. The Morgan fingerprint density at radius 3 is 2.48 bits per heavy atom. The van der Waals surface area contributed by atoms with Crippen molar-refractivity contribution in [3.05, 3.63) is 39.3 Å². The van der Waals surface area contributed by atoms with Crippen LogP contribution in [-0.2, 0) is 10.0 Å². The second-order valence-electron chi connectivity index (χ2n) is 5.01. The number of nitrogens with zero attached hydrogens (tertiary/aromatic N) is 1. The number of nitrogens with one attached hydrogen (secondary N) is 1. The lowest BCUT2D eigenvalue weighted by atomic mass is 10.1. The molecule has 0 aliphatic rings. The zero-order valence-corrected chi connectivity index (χ0v) is 14.1. The highest BCUT2D eigenvalue weighted by atomic mass is 32.2. The third kappa shape index (κ3) is 3.42. The fraction of sp³-hybridized carbons (Fsp3) is 0.357. The normalized spacial score (nSPS) is 13.2. The molecule has 0 aliphatic carbocycles. The van der Waals surface area contributed by atoms with Crippen LogP contribution in [0.15, 0.2) is 23.1 Å². The van der Waals surface area contributed by atoms with Gasteiger partial charge < -0.3 is 5.32 Å². The van der Waals surface area contributed by atoms with Gasteiger partial charge in [-0.1, -0.05) is 6.07 Å². The number of thiazole rings is 1. The number of aryl methyl sites for hydroxylation is 2. The Bertz CT molecular complexity index is 767. The summed E-state index contributed by atoms with van der Waals surface area (Å²) in [6, 6.07) is 5.03. The van der Waals surface area contributed by atoms with Gasteiger partial charge in [0.1, 0.15) is 0 Å². The summed E-state index contributed by atoms with van der Waals surface area (Å²) in [5.41, 5.74) is 2.36. The van der Waals surface area contributed by atoms with Crippen LogP contribution in [0.25, 0.3) is 0 Å². The van der Waals surface area contributed by atoms with Gasteiger partial charge in [0.15, 0.2) is 0 Å². The number of rotatable bonds is 4. The van der Waals surface area contributed by atoms with Gasteiger partial charge in [-0.3, -0.25) is 0 Å². The van der Waals surface area contributed by atoms with Crippen LogP contribution < -0.4 is 10.5 Å². The highest BCUT2D eigenvalue weighted by Crippen LogP contribution is 2.28. The first-order valence-corrected chi connectivity index (χ1v) is 8.89. The van der Waals surface area contributed by atoms with Crippen LogP contribution in [0.5, 0.6) is 0 Å². The zero-order valence-electron chi connectivity index (χ0n) is 12.5. The van der Waals surface area contributed by atoms with Crippen LogP contribution in [0.2, 0.25) is 0 Å². The van der Waals surface area contributed by atoms with E-state index in [4.69, 9.17) is 5.14 Å². The lowest BCUT2D eigenvalue weighted by Gasteiger charge is -2.17. The predicted octanol–water partition coefficient (Wildman–Crippen LogP) is 2.89. The van der Waals surface area contributed by atoms with Gasteiger partial charge in [-0.25, -0.2) is 18.5 Å². The van der Waals surface area contributed by atoms with E-state index >= 15 is 0 Å². The molecule has 7 heteroatoms. The molecule has 0 aliphatic heterocycles. The van der Waals surface area contributed by atoms with E-state index in [1.54, 1.807) is 24.3 Å². The molecule has 0 bridgehead atoms. The number of primary sulfonamides is 1. The highest BCUT2D eigenvalue weighted by Gasteiger charge is 2.17. The van der Waals surface area contributed by atoms with Gasteiger partial charge in [0.05, 0.1) is 21.6 Å². The fourth-order valence-electron chi connectivity index (χ4n) is 2.33. The molecule has 0 radical (unpaired) electrons. The Kier molecular flexibility index (Phi) is 4.36. The predicted molar refractivity (Wildman–Crippen MR) is 86.2 cm³/mol. The van der Waals surface area contributed by atoms with E-state index in [0.29, 0.717) is 5.56 Å². The van der Waals surface area contributed by atoms with Gasteiger partial charge in [0.2, 0.25) is 10.0 Å². The Morgan fingerprint density at radius 2 is 1.95 bits per heavy atom. The van der Waals surface area contributed by atoms with E-state index in [9.17, 15) is 8.42 Å². The van der Waals surface area contributed by atoms with E-state index in [-0.39, 0.29) is 10.9 Å². The molecule has 1 unspecified atom stereocenters. The van der Waals surface area contributed by atoms with Gasteiger partial charge in [0.25, 0.3) is 0 Å². The monoisotopic (exact) mass is 325 g/mol. The molecular formula is C14H19N3O2S2. The number of benzene rings is 1. The quantitative estimate of drug-likeness (QED) is 0.905. The minimum Gasteiger partial charge on any atom is -0.377 e. The number of aromatic nitrogens is 1. The largest absolute Gasteiger partial charge is 0.377 e. The average molecular weight is 325 g/mol. The molecular weight excluding hydrogens is 306 g/mol. The average Bonchev–Trinajstić information content (AvgIpc) is 2.69. The molecule has 5 nitrogen and oxygen atoms in total. The summed E-state index contributed by atoms with van der Waals surface area (Å²) in [7, 11) is -3.71. The second-order valence-corrected chi connectivity index (χ2v) is 7.95. The van der Waals surface area contributed by atoms with Crippen molar-refractivity contribution in [1.82, 2.24) is 4.98 Å². The summed E-state index contributed by atoms with van der Waals surface area (Å²) in [4.78, 5) is 5.82. The Morgan fingerprint density at radius 1 is 1.29 bits per heavy atom. The molecule has 1 aromatic carbocycles. The molecule has 1 aromatic heterocycles. The van der Waals surface area contributed by atoms with Gasteiger partial charge in [-0.05, 0) is 45.4 Å². The maximum Gasteiger partial charge on any atom is 0.238 e. The first-order chi connectivity index (χ1) is 9.70. The molecule has 2 rings (SSSR count). The van der Waals surface area contributed by atoms with Crippen LogP contribution in [0.3, 0.4) is 0 Å². The molecule has 1 atom stereocenters. The summed E-state index contributed by atoms with van der Waals surface area (Å²) < 4.78 is 23.1. The van der Waals surface area contributed by atoms with Crippen LogP contribution in [-0.4, -0.2) is 13.4 Å². The second kappa shape index (κ2) is 5.75. The van der Waals surface area contributed by atoms with Crippen molar-refractivity contribution < 1.29 is 8.42 Å². The molecule has 0 spiro atoms. The van der Waals surface area contributed by atoms with Crippen molar-refractivity contribution in [2.45, 2.75) is 38.6 Å². The molecule has 114 valence electrons. The lowest BCUT2D eigenvalue weighted by Crippen LogP contribution is -2.15. The third-order valence-corrected chi connectivity index (χ3v) is 5.27. The Balaban J connectivity index is 2.34. The van der Waals surface area contributed by atoms with E-state index in [1.165, 1.54) is 6.07 Å². The standard InChI is InChI=1S/C14H19N3O2S2/c1-8-12(6-5-7-13(8)21(15,18)19)16-9(2)14-10(3)20-11(4)17-14/h5-7,9,16H,1-4H3,(H2,15,18,19). The van der Waals surface area contributed by atoms with Crippen LogP contribution in [0.4, 0.5) is 5.69 Å². The van der Waals surface area contributed by atoms with E-state index < -0.39 is 10.0 Å². The zero-order chi connectivity index (χ0) is 15.8. The topological polar surface area (TPSA) is 85.1 Å². The number of hydrogen-bond donors (Lipinski definition) is 2. The van der Waals surface area contributed by atoms with Crippen molar-refractivity contribution in [1.29, 1.82) is 0 Å². The van der Waals surface area contributed by atoms with Crippen molar-refractivity contribution in [3.63, 3.8) is 0 Å². The fourth-order valence-corrected chi connectivity index (χ4v) is 4.05. The summed E-state index contributed by atoms with van der Waals surface area (Å²) in [5.74, 6) is 0. The molecule has 0 amide bonds. The van der Waals surface area contributed by atoms with Crippen LogP contribution >= 0.6 is 11.3 Å². The molecule has 3 N–H and O–H groups in total. The lowest BCUT2D eigenvalue weighted by molar-refractivity contribution is 0.597. The third-order valence-electron chi connectivity index (χ3n) is 3.31. The molecule has 21 heavy (non-hydrogen) atoms. The van der Waals surface area contributed by atoms with Gasteiger partial charge >= 0.3 is 0 Å². The first kappa shape index (κ1) is 15.9. The summed E-state index contributed by atoms with van der Waals surface area (Å²) >= 11 is 1.65. The number of anilines is 1. The van der Waals surface area contributed by atoms with Gasteiger partial charge in [0, 0.05) is 10.6 Å². The summed E-state index contributed by atoms with van der Waals surface area (Å²) in [6.07, 6.45) is 0. The van der Waals surface area contributed by atoms with Gasteiger partial charge in [-0.15, -0.1) is 11.3 Å². The van der Waals surface area contributed by atoms with E-state index in [2.05, 4.69) is 10.3 Å². The molecule has 0 saturated heterocycles. The highest BCUT2D eigenvalue weighted by molar-refractivity contribution is 7.89. The molecule has 1 heterocycles. The number of hydrogen-bond acceptors (Lipinski definition) is 5.